The molecule has 2 aromatic heterocycles. The number of methoxy groups -OCH3 is 2. The lowest BCUT2D eigenvalue weighted by molar-refractivity contribution is 0.386. The minimum Gasteiger partial charge on any atom is -0.497 e. The third-order valence-electron chi connectivity index (χ3n) is 4.19. The predicted molar refractivity (Wildman–Crippen MR) is 113 cm³/mol. The Hall–Kier alpha value is -3.17. The zero-order chi connectivity index (χ0) is 20.4. The molecule has 0 radical (unpaired) electrons. The number of benzene rings is 2. The minimum atomic E-state index is -3.86. The Labute approximate surface area is 172 Å². The first-order chi connectivity index (χ1) is 14.0. The summed E-state index contributed by atoms with van der Waals surface area (Å²) in [5, 5.41) is 0.766. The Morgan fingerprint density at radius 2 is 1.86 bits per heavy atom. The van der Waals surface area contributed by atoms with Crippen molar-refractivity contribution < 1.29 is 17.9 Å². The summed E-state index contributed by atoms with van der Waals surface area (Å²) >= 11 is 1.45. The van der Waals surface area contributed by atoms with Crippen LogP contribution in [0.3, 0.4) is 0 Å². The van der Waals surface area contributed by atoms with Crippen molar-refractivity contribution >= 4 is 37.4 Å². The molecule has 0 fully saturated rings. The van der Waals surface area contributed by atoms with Crippen LogP contribution >= 0.6 is 11.3 Å². The number of nitrogens with one attached hydrogen (secondary N) is 1. The topological polar surface area (TPSA) is 90.4 Å². The van der Waals surface area contributed by atoms with E-state index in [0.29, 0.717) is 11.4 Å². The van der Waals surface area contributed by atoms with Crippen molar-refractivity contribution in [3.8, 4) is 22.1 Å². The number of sulfonamides is 1. The molecular weight excluding hydrogens is 410 g/mol. The van der Waals surface area contributed by atoms with Gasteiger partial charge in [-0.05, 0) is 36.4 Å². The molecule has 0 saturated carbocycles. The molecule has 0 amide bonds. The number of anilines is 1. The van der Waals surface area contributed by atoms with E-state index in [2.05, 4.69) is 14.7 Å². The first-order valence-corrected chi connectivity index (χ1v) is 10.9. The fourth-order valence-electron chi connectivity index (χ4n) is 2.82. The van der Waals surface area contributed by atoms with E-state index in [-0.39, 0.29) is 10.6 Å². The van der Waals surface area contributed by atoms with Gasteiger partial charge in [-0.25, -0.2) is 18.4 Å². The predicted octanol–water partition coefficient (Wildman–Crippen LogP) is 4.18. The maximum Gasteiger partial charge on any atom is 0.265 e. The number of fused-ring (bicyclic) bond motifs is 1. The molecule has 4 aromatic rings. The summed E-state index contributed by atoms with van der Waals surface area (Å²) in [6.07, 6.45) is 1.72. The van der Waals surface area contributed by atoms with Crippen LogP contribution in [0.5, 0.6) is 11.5 Å². The number of pyridine rings is 1. The summed E-state index contributed by atoms with van der Waals surface area (Å²) in [5.74, 6) is 0.706. The Morgan fingerprint density at radius 3 is 2.62 bits per heavy atom. The average molecular weight is 428 g/mol. The van der Waals surface area contributed by atoms with Gasteiger partial charge in [0, 0.05) is 23.5 Å². The fraction of sp³-hybridized carbons (Fsp3) is 0.100. The van der Waals surface area contributed by atoms with Crippen LogP contribution in [-0.4, -0.2) is 32.6 Å². The highest BCUT2D eigenvalue weighted by atomic mass is 32.2. The molecule has 29 heavy (non-hydrogen) atoms. The van der Waals surface area contributed by atoms with Crippen LogP contribution in [0.2, 0.25) is 0 Å². The summed E-state index contributed by atoms with van der Waals surface area (Å²) in [5.41, 5.74) is 2.03. The van der Waals surface area contributed by atoms with Crippen molar-refractivity contribution in [2.24, 2.45) is 0 Å². The number of nitrogens with zero attached hydrogens (tertiary/aromatic N) is 2. The van der Waals surface area contributed by atoms with Crippen LogP contribution in [0.1, 0.15) is 0 Å². The van der Waals surface area contributed by atoms with E-state index in [1.807, 2.05) is 18.2 Å². The number of hydrogen-bond donors (Lipinski definition) is 1. The van der Waals surface area contributed by atoms with Gasteiger partial charge in [0.1, 0.15) is 31.7 Å². The van der Waals surface area contributed by atoms with E-state index in [1.54, 1.807) is 30.5 Å². The minimum absolute atomic E-state index is 0.0235. The second-order valence-electron chi connectivity index (χ2n) is 6.05. The highest BCUT2D eigenvalue weighted by Crippen LogP contribution is 2.32. The lowest BCUT2D eigenvalue weighted by Gasteiger charge is -2.13. The Balaban J connectivity index is 1.67. The van der Waals surface area contributed by atoms with Gasteiger partial charge < -0.3 is 9.47 Å². The van der Waals surface area contributed by atoms with E-state index in [9.17, 15) is 8.42 Å². The van der Waals surface area contributed by atoms with Gasteiger partial charge in [0.05, 0.1) is 14.2 Å². The molecule has 2 heterocycles. The highest BCUT2D eigenvalue weighted by Gasteiger charge is 2.20. The van der Waals surface area contributed by atoms with Crippen molar-refractivity contribution in [2.75, 3.05) is 18.9 Å². The number of thiazole rings is 1. The summed E-state index contributed by atoms with van der Waals surface area (Å²) in [6, 6.07) is 15.3. The molecule has 0 saturated heterocycles. The van der Waals surface area contributed by atoms with E-state index >= 15 is 0 Å². The first kappa shape index (κ1) is 19.2. The largest absolute Gasteiger partial charge is 0.497 e. The smallest absolute Gasteiger partial charge is 0.265 e. The van der Waals surface area contributed by atoms with Gasteiger partial charge >= 0.3 is 0 Å². The normalized spacial score (nSPS) is 11.4. The monoisotopic (exact) mass is 427 g/mol. The molecule has 0 aliphatic heterocycles. The van der Waals surface area contributed by atoms with Gasteiger partial charge in [-0.1, -0.05) is 23.5 Å². The standard InChI is InChI=1S/C20H17N3O4S2/c1-26-15-8-9-18(17(12-15)27-2)29(24,25)23-14-6-3-5-13(11-14)19-22-16-7-4-10-21-20(16)28-19/h3-12,23H,1-2H3. The maximum absolute atomic E-state index is 12.9. The molecule has 0 aliphatic carbocycles. The van der Waals surface area contributed by atoms with E-state index in [4.69, 9.17) is 9.47 Å². The van der Waals surface area contributed by atoms with Gasteiger partial charge in [0.2, 0.25) is 0 Å². The summed E-state index contributed by atoms with van der Waals surface area (Å²) < 4.78 is 38.8. The quantitative estimate of drug-likeness (QED) is 0.497. The number of rotatable bonds is 6. The van der Waals surface area contributed by atoms with Crippen LogP contribution in [-0.2, 0) is 10.0 Å². The Bertz CT molecular complexity index is 1250. The van der Waals surface area contributed by atoms with E-state index in [1.165, 1.54) is 37.7 Å². The van der Waals surface area contributed by atoms with Crippen molar-refractivity contribution in [1.82, 2.24) is 9.97 Å². The molecule has 1 N–H and O–H groups in total. The van der Waals surface area contributed by atoms with Crippen LogP contribution in [0.15, 0.2) is 65.7 Å². The molecule has 148 valence electrons. The summed E-state index contributed by atoms with van der Waals surface area (Å²) in [7, 11) is -0.948. The van der Waals surface area contributed by atoms with Crippen LogP contribution in [0.4, 0.5) is 5.69 Å². The van der Waals surface area contributed by atoms with Crippen molar-refractivity contribution in [3.63, 3.8) is 0 Å². The second-order valence-corrected chi connectivity index (χ2v) is 8.68. The number of aromatic nitrogens is 2. The van der Waals surface area contributed by atoms with Crippen molar-refractivity contribution in [3.05, 3.63) is 60.8 Å². The van der Waals surface area contributed by atoms with Crippen molar-refractivity contribution in [1.29, 1.82) is 0 Å². The Morgan fingerprint density at radius 1 is 1.00 bits per heavy atom. The van der Waals surface area contributed by atoms with Gasteiger partial charge in [-0.2, -0.15) is 0 Å². The van der Waals surface area contributed by atoms with Gasteiger partial charge in [0.15, 0.2) is 0 Å². The SMILES string of the molecule is COc1ccc(S(=O)(=O)Nc2cccc(-c3nc4cccnc4s3)c2)c(OC)c1. The molecule has 0 bridgehead atoms. The van der Waals surface area contributed by atoms with Crippen molar-refractivity contribution in [2.45, 2.75) is 4.90 Å². The average Bonchev–Trinajstić information content (AvgIpc) is 3.17. The first-order valence-electron chi connectivity index (χ1n) is 8.57. The third kappa shape index (κ3) is 3.87. The molecule has 0 atom stereocenters. The van der Waals surface area contributed by atoms with E-state index in [0.717, 1.165) is 20.9 Å². The number of ether oxygens (including phenoxy) is 2. The highest BCUT2D eigenvalue weighted by molar-refractivity contribution is 7.92. The van der Waals surface area contributed by atoms with Crippen LogP contribution in [0.25, 0.3) is 20.9 Å². The molecule has 0 aliphatic rings. The molecule has 0 unspecified atom stereocenters. The third-order valence-corrected chi connectivity index (χ3v) is 6.64. The summed E-state index contributed by atoms with van der Waals surface area (Å²) in [4.78, 5) is 9.73. The van der Waals surface area contributed by atoms with Gasteiger partial charge in [0.25, 0.3) is 10.0 Å². The van der Waals surface area contributed by atoms with Gasteiger partial charge in [-0.3, -0.25) is 4.72 Å². The fourth-order valence-corrected chi connectivity index (χ4v) is 4.92. The van der Waals surface area contributed by atoms with E-state index < -0.39 is 10.0 Å². The molecule has 2 aromatic carbocycles. The van der Waals surface area contributed by atoms with Crippen LogP contribution in [0, 0.1) is 0 Å². The second kappa shape index (κ2) is 7.69. The number of hydrogen-bond acceptors (Lipinski definition) is 7. The molecular formula is C20H17N3O4S2. The molecule has 9 heteroatoms. The summed E-state index contributed by atoms with van der Waals surface area (Å²) in [6.45, 7) is 0. The maximum atomic E-state index is 12.9. The van der Waals surface area contributed by atoms with Gasteiger partial charge in [-0.15, -0.1) is 0 Å². The Kier molecular flexibility index (Phi) is 5.08. The lowest BCUT2D eigenvalue weighted by atomic mass is 10.2. The zero-order valence-corrected chi connectivity index (χ0v) is 17.3. The lowest BCUT2D eigenvalue weighted by Crippen LogP contribution is -2.14. The van der Waals surface area contributed by atoms with Crippen LogP contribution < -0.4 is 14.2 Å². The zero-order valence-electron chi connectivity index (χ0n) is 15.6. The molecule has 7 nitrogen and oxygen atoms in total. The molecule has 4 rings (SSSR count). The molecule has 0 spiro atoms.